The summed E-state index contributed by atoms with van der Waals surface area (Å²) in [7, 11) is 0. The molecule has 4 rings (SSSR count). The van der Waals surface area contributed by atoms with Gasteiger partial charge in [-0.3, -0.25) is 0 Å². The normalized spacial score (nSPS) is 19.1. The highest BCUT2D eigenvalue weighted by molar-refractivity contribution is 5.90. The van der Waals surface area contributed by atoms with Gasteiger partial charge >= 0.3 is 12.2 Å². The van der Waals surface area contributed by atoms with E-state index in [0.717, 1.165) is 16.9 Å². The summed E-state index contributed by atoms with van der Waals surface area (Å²) in [4.78, 5) is 25.6. The molecule has 12 heteroatoms. The van der Waals surface area contributed by atoms with Crippen LogP contribution in [0.1, 0.15) is 25.3 Å². The average Bonchev–Trinajstić information content (AvgIpc) is 3.32. The van der Waals surface area contributed by atoms with E-state index in [1.807, 2.05) is 26.0 Å². The van der Waals surface area contributed by atoms with Gasteiger partial charge < -0.3 is 30.3 Å². The minimum atomic E-state index is -4.23. The third kappa shape index (κ3) is 7.22. The standard InChI is InChI=1S/C25H33F3N6O3/c1-16-3-4-19(30-24(36)34-6-5-18(14-34)13-25(26,27)28)11-20(16)21-12-22(33-7-9-37-10-8-33)32-23(31-21)29-17(2)15-35/h3-4,11-12,17-18,35H,5-10,13-15H2,1-2H3,(H,30,36)(H,29,31,32)/t17-,18?/m1/s1. The maximum absolute atomic E-state index is 12.8. The molecule has 0 radical (unpaired) electrons. The van der Waals surface area contributed by atoms with E-state index in [2.05, 4.69) is 25.5 Å². The van der Waals surface area contributed by atoms with Crippen molar-refractivity contribution >= 4 is 23.5 Å². The first-order valence-corrected chi connectivity index (χ1v) is 12.4. The minimum absolute atomic E-state index is 0.0803. The lowest BCUT2D eigenvalue weighted by Crippen LogP contribution is -2.37. The van der Waals surface area contributed by atoms with Crippen molar-refractivity contribution in [3.05, 3.63) is 29.8 Å². The summed E-state index contributed by atoms with van der Waals surface area (Å²) < 4.78 is 43.7. The molecule has 2 aliphatic heterocycles. The van der Waals surface area contributed by atoms with Crippen molar-refractivity contribution in [2.45, 2.75) is 38.9 Å². The number of morpholine rings is 1. The van der Waals surface area contributed by atoms with Crippen molar-refractivity contribution in [3.63, 3.8) is 0 Å². The van der Waals surface area contributed by atoms with Crippen LogP contribution in [0.4, 0.5) is 35.4 Å². The smallest absolute Gasteiger partial charge is 0.389 e. The second-order valence-corrected chi connectivity index (χ2v) is 9.64. The van der Waals surface area contributed by atoms with E-state index >= 15 is 0 Å². The van der Waals surface area contributed by atoms with Gasteiger partial charge in [-0.2, -0.15) is 18.2 Å². The van der Waals surface area contributed by atoms with Crippen molar-refractivity contribution in [2.75, 3.05) is 61.5 Å². The summed E-state index contributed by atoms with van der Waals surface area (Å²) in [6.07, 6.45) is -4.78. The van der Waals surface area contributed by atoms with E-state index < -0.39 is 24.5 Å². The number of halogens is 3. The predicted octanol–water partition coefficient (Wildman–Crippen LogP) is 3.89. The van der Waals surface area contributed by atoms with Crippen LogP contribution in [0.2, 0.25) is 0 Å². The summed E-state index contributed by atoms with van der Waals surface area (Å²) in [6.45, 7) is 6.60. The molecular weight excluding hydrogens is 489 g/mol. The number of carbonyl (C=O) groups excluding carboxylic acids is 1. The molecule has 0 saturated carbocycles. The SMILES string of the molecule is Cc1ccc(NC(=O)N2CCC(CC(F)(F)F)C2)cc1-c1cc(N2CCOCC2)nc(N[C@H](C)CO)n1. The number of benzene rings is 1. The number of amides is 2. The van der Waals surface area contributed by atoms with E-state index in [1.54, 1.807) is 12.1 Å². The number of anilines is 3. The summed E-state index contributed by atoms with van der Waals surface area (Å²) >= 11 is 0. The third-order valence-electron chi connectivity index (χ3n) is 6.56. The van der Waals surface area contributed by atoms with E-state index in [0.29, 0.717) is 50.1 Å². The number of hydrogen-bond donors (Lipinski definition) is 3. The maximum Gasteiger partial charge on any atom is 0.389 e. The van der Waals surface area contributed by atoms with E-state index in [-0.39, 0.29) is 25.7 Å². The van der Waals surface area contributed by atoms with Gasteiger partial charge in [0.15, 0.2) is 0 Å². The molecule has 0 bridgehead atoms. The van der Waals surface area contributed by atoms with Crippen molar-refractivity contribution in [3.8, 4) is 11.3 Å². The quantitative estimate of drug-likeness (QED) is 0.507. The first-order chi connectivity index (χ1) is 17.6. The molecule has 3 N–H and O–H groups in total. The molecule has 1 aromatic carbocycles. The molecule has 9 nitrogen and oxygen atoms in total. The molecule has 2 amide bonds. The Morgan fingerprint density at radius 2 is 1.97 bits per heavy atom. The predicted molar refractivity (Wildman–Crippen MR) is 135 cm³/mol. The molecule has 2 aromatic rings. The lowest BCUT2D eigenvalue weighted by atomic mass is 10.0. The molecule has 0 aliphatic carbocycles. The van der Waals surface area contributed by atoms with Gasteiger partial charge in [0, 0.05) is 56.0 Å². The van der Waals surface area contributed by atoms with Gasteiger partial charge in [0.2, 0.25) is 5.95 Å². The van der Waals surface area contributed by atoms with Crippen LogP contribution in [-0.4, -0.2) is 84.2 Å². The number of rotatable bonds is 7. The van der Waals surface area contributed by atoms with Gasteiger partial charge in [-0.15, -0.1) is 0 Å². The van der Waals surface area contributed by atoms with Crippen LogP contribution in [-0.2, 0) is 4.74 Å². The molecule has 2 saturated heterocycles. The number of urea groups is 1. The molecule has 202 valence electrons. The number of likely N-dealkylation sites (tertiary alicyclic amines) is 1. The van der Waals surface area contributed by atoms with Crippen LogP contribution in [0.5, 0.6) is 0 Å². The van der Waals surface area contributed by atoms with Gasteiger partial charge in [0.25, 0.3) is 0 Å². The number of hydrogen-bond acceptors (Lipinski definition) is 7. The molecule has 3 heterocycles. The number of aliphatic hydroxyl groups is 1. The monoisotopic (exact) mass is 522 g/mol. The van der Waals surface area contributed by atoms with Gasteiger partial charge in [0.05, 0.1) is 25.5 Å². The number of aromatic nitrogens is 2. The fourth-order valence-corrected chi connectivity index (χ4v) is 4.55. The lowest BCUT2D eigenvalue weighted by molar-refractivity contribution is -0.143. The zero-order chi connectivity index (χ0) is 26.6. The number of nitrogens with one attached hydrogen (secondary N) is 2. The number of alkyl halides is 3. The molecule has 1 aromatic heterocycles. The first kappa shape index (κ1) is 26.9. The Bertz CT molecular complexity index is 1090. The number of ether oxygens (including phenoxy) is 1. The van der Waals surface area contributed by atoms with Crippen molar-refractivity contribution in [1.82, 2.24) is 14.9 Å². The molecule has 1 unspecified atom stereocenters. The van der Waals surface area contributed by atoms with Crippen molar-refractivity contribution in [2.24, 2.45) is 5.92 Å². The molecule has 2 aliphatic rings. The van der Waals surface area contributed by atoms with Gasteiger partial charge in [-0.25, -0.2) is 9.78 Å². The van der Waals surface area contributed by atoms with Gasteiger partial charge in [-0.05, 0) is 43.9 Å². The zero-order valence-corrected chi connectivity index (χ0v) is 21.0. The highest BCUT2D eigenvalue weighted by Crippen LogP contribution is 2.32. The Kier molecular flexibility index (Phi) is 8.38. The molecular formula is C25H33F3N6O3. The fourth-order valence-electron chi connectivity index (χ4n) is 4.55. The number of aliphatic hydroxyl groups excluding tert-OH is 1. The van der Waals surface area contributed by atoms with Crippen LogP contribution in [0.25, 0.3) is 11.3 Å². The Labute approximate surface area is 214 Å². The number of nitrogens with zero attached hydrogens (tertiary/aromatic N) is 4. The molecule has 37 heavy (non-hydrogen) atoms. The van der Waals surface area contributed by atoms with Crippen LogP contribution in [0.15, 0.2) is 24.3 Å². The maximum atomic E-state index is 12.8. The Balaban J connectivity index is 1.55. The minimum Gasteiger partial charge on any atom is -0.394 e. The van der Waals surface area contributed by atoms with E-state index in [9.17, 15) is 23.1 Å². The first-order valence-electron chi connectivity index (χ1n) is 12.4. The summed E-state index contributed by atoms with van der Waals surface area (Å²) in [5.74, 6) is 0.524. The highest BCUT2D eigenvalue weighted by atomic mass is 19.4. The topological polar surface area (TPSA) is 103 Å². The largest absolute Gasteiger partial charge is 0.394 e. The van der Waals surface area contributed by atoms with E-state index in [1.165, 1.54) is 4.90 Å². The Morgan fingerprint density at radius 3 is 2.68 bits per heavy atom. The molecule has 2 fully saturated rings. The van der Waals surface area contributed by atoms with Gasteiger partial charge in [-0.1, -0.05) is 6.07 Å². The lowest BCUT2D eigenvalue weighted by Gasteiger charge is -2.28. The van der Waals surface area contributed by atoms with Crippen LogP contribution in [0.3, 0.4) is 0 Å². The Hall–Kier alpha value is -3.12. The van der Waals surface area contributed by atoms with Crippen LogP contribution in [0, 0.1) is 12.8 Å². The van der Waals surface area contributed by atoms with Gasteiger partial charge in [0.1, 0.15) is 5.82 Å². The summed E-state index contributed by atoms with van der Waals surface area (Å²) in [6, 6.07) is 6.65. The fraction of sp³-hybridized carbons (Fsp3) is 0.560. The second-order valence-electron chi connectivity index (χ2n) is 9.64. The van der Waals surface area contributed by atoms with Crippen LogP contribution >= 0.6 is 0 Å². The zero-order valence-electron chi connectivity index (χ0n) is 21.0. The summed E-state index contributed by atoms with van der Waals surface area (Å²) in [5.41, 5.74) is 2.88. The van der Waals surface area contributed by atoms with Crippen molar-refractivity contribution in [1.29, 1.82) is 0 Å². The Morgan fingerprint density at radius 1 is 1.22 bits per heavy atom. The average molecular weight is 523 g/mol. The van der Waals surface area contributed by atoms with E-state index in [4.69, 9.17) is 4.74 Å². The molecule has 2 atom stereocenters. The van der Waals surface area contributed by atoms with Crippen LogP contribution < -0.4 is 15.5 Å². The summed E-state index contributed by atoms with van der Waals surface area (Å²) in [5, 5.41) is 15.4. The molecule has 0 spiro atoms. The highest BCUT2D eigenvalue weighted by Gasteiger charge is 2.36. The number of carbonyl (C=O) groups is 1. The second kappa shape index (κ2) is 11.5. The third-order valence-corrected chi connectivity index (χ3v) is 6.56. The number of aryl methyl sites for hydroxylation is 1. The van der Waals surface area contributed by atoms with Crippen molar-refractivity contribution < 1.29 is 27.8 Å².